The first-order chi connectivity index (χ1) is 17.4. The molecule has 0 saturated carbocycles. The second-order valence-corrected chi connectivity index (χ2v) is 8.94. The number of H-pyrrole nitrogens is 1. The van der Waals surface area contributed by atoms with Crippen molar-refractivity contribution in [1.29, 1.82) is 0 Å². The molecule has 3 aromatic carbocycles. The maximum Gasteiger partial charge on any atom is 0.300 e. The maximum absolute atomic E-state index is 13.5. The van der Waals surface area contributed by atoms with E-state index in [2.05, 4.69) is 4.98 Å². The standard InChI is InChI=1S/C28H23N3O5/c1-30(2)17-9-7-16(8-10-17)25-24(26(32)20-14-29-21-6-4-3-5-19(20)21)27(33)28(34)31(25)18-11-12-22-23(13-18)36-15-35-22/h3-14,25,29,32H,15H2,1-2H3/b26-24-. The summed E-state index contributed by atoms with van der Waals surface area (Å²) in [7, 11) is 3.87. The minimum absolute atomic E-state index is 0.0278. The molecule has 2 N–H and O–H groups in total. The molecule has 8 heteroatoms. The Morgan fingerprint density at radius 3 is 2.53 bits per heavy atom. The molecule has 2 aliphatic heterocycles. The number of hydrogen-bond acceptors (Lipinski definition) is 6. The van der Waals surface area contributed by atoms with Gasteiger partial charge < -0.3 is 24.5 Å². The second kappa shape index (κ2) is 8.20. The molecule has 4 aromatic rings. The zero-order valence-corrected chi connectivity index (χ0v) is 19.7. The number of aromatic amines is 1. The summed E-state index contributed by atoms with van der Waals surface area (Å²) in [6, 6.07) is 19.3. The lowest BCUT2D eigenvalue weighted by atomic mass is 9.94. The van der Waals surface area contributed by atoms with Crippen LogP contribution in [0.2, 0.25) is 0 Å². The highest BCUT2D eigenvalue weighted by Crippen LogP contribution is 2.45. The van der Waals surface area contributed by atoms with E-state index in [9.17, 15) is 14.7 Å². The number of nitrogens with zero attached hydrogens (tertiary/aromatic N) is 2. The molecule has 1 fully saturated rings. The number of benzene rings is 3. The molecule has 180 valence electrons. The zero-order valence-electron chi connectivity index (χ0n) is 19.7. The van der Waals surface area contributed by atoms with Crippen LogP contribution in [0.4, 0.5) is 11.4 Å². The lowest BCUT2D eigenvalue weighted by Gasteiger charge is -2.26. The number of fused-ring (bicyclic) bond motifs is 2. The van der Waals surface area contributed by atoms with E-state index >= 15 is 0 Å². The molecule has 0 aliphatic carbocycles. The van der Waals surface area contributed by atoms with Gasteiger partial charge in [-0.05, 0) is 35.9 Å². The van der Waals surface area contributed by atoms with Gasteiger partial charge in [0.15, 0.2) is 11.5 Å². The Balaban J connectivity index is 1.56. The minimum atomic E-state index is -0.838. The van der Waals surface area contributed by atoms with Gasteiger partial charge in [0.1, 0.15) is 5.76 Å². The number of hydrogen-bond donors (Lipinski definition) is 2. The molecule has 3 heterocycles. The first kappa shape index (κ1) is 21.8. The normalized spacial score (nSPS) is 18.3. The maximum atomic E-state index is 13.5. The number of para-hydroxylation sites is 1. The second-order valence-electron chi connectivity index (χ2n) is 8.94. The third-order valence-electron chi connectivity index (χ3n) is 6.65. The molecule has 1 saturated heterocycles. The van der Waals surface area contributed by atoms with E-state index in [1.165, 1.54) is 4.90 Å². The quantitative estimate of drug-likeness (QED) is 0.252. The Kier molecular flexibility index (Phi) is 4.96. The molecule has 1 aromatic heterocycles. The molecule has 8 nitrogen and oxygen atoms in total. The summed E-state index contributed by atoms with van der Waals surface area (Å²) in [6.07, 6.45) is 1.65. The van der Waals surface area contributed by atoms with E-state index in [1.807, 2.05) is 67.5 Å². The number of amides is 1. The fourth-order valence-electron chi connectivity index (χ4n) is 4.82. The van der Waals surface area contributed by atoms with Crippen molar-refractivity contribution in [3.05, 3.63) is 89.6 Å². The predicted molar refractivity (Wildman–Crippen MR) is 136 cm³/mol. The molecule has 0 spiro atoms. The molecular formula is C28H23N3O5. The largest absolute Gasteiger partial charge is 0.507 e. The highest BCUT2D eigenvalue weighted by atomic mass is 16.7. The fraction of sp³-hybridized carbons (Fsp3) is 0.143. The van der Waals surface area contributed by atoms with Crippen molar-refractivity contribution in [3.63, 3.8) is 0 Å². The highest BCUT2D eigenvalue weighted by molar-refractivity contribution is 6.51. The van der Waals surface area contributed by atoms with Crippen molar-refractivity contribution in [3.8, 4) is 11.5 Å². The average molecular weight is 482 g/mol. The third-order valence-corrected chi connectivity index (χ3v) is 6.65. The fourth-order valence-corrected chi connectivity index (χ4v) is 4.82. The van der Waals surface area contributed by atoms with Crippen LogP contribution >= 0.6 is 0 Å². The van der Waals surface area contributed by atoms with Gasteiger partial charge in [-0.15, -0.1) is 0 Å². The number of aliphatic hydroxyl groups is 1. The van der Waals surface area contributed by atoms with Crippen molar-refractivity contribution in [2.75, 3.05) is 30.7 Å². The summed E-state index contributed by atoms with van der Waals surface area (Å²) < 4.78 is 10.9. The van der Waals surface area contributed by atoms with Gasteiger partial charge in [-0.1, -0.05) is 30.3 Å². The van der Waals surface area contributed by atoms with E-state index in [1.54, 1.807) is 24.4 Å². The number of rotatable bonds is 4. The molecular weight excluding hydrogens is 458 g/mol. The molecule has 1 amide bonds. The first-order valence-corrected chi connectivity index (χ1v) is 11.5. The molecule has 0 radical (unpaired) electrons. The lowest BCUT2D eigenvalue weighted by molar-refractivity contribution is -0.132. The van der Waals surface area contributed by atoms with Crippen LogP contribution in [0.5, 0.6) is 11.5 Å². The van der Waals surface area contributed by atoms with Crippen LogP contribution < -0.4 is 19.3 Å². The molecule has 36 heavy (non-hydrogen) atoms. The molecule has 0 bridgehead atoms. The van der Waals surface area contributed by atoms with Crippen molar-refractivity contribution in [1.82, 2.24) is 4.98 Å². The van der Waals surface area contributed by atoms with E-state index in [0.717, 1.165) is 16.6 Å². The third kappa shape index (κ3) is 3.30. The van der Waals surface area contributed by atoms with Crippen LogP contribution in [0.15, 0.2) is 78.5 Å². The molecule has 6 rings (SSSR count). The molecule has 2 aliphatic rings. The predicted octanol–water partition coefficient (Wildman–Crippen LogP) is 4.59. The van der Waals surface area contributed by atoms with E-state index in [-0.39, 0.29) is 18.1 Å². The van der Waals surface area contributed by atoms with Gasteiger partial charge in [0.05, 0.1) is 11.6 Å². The number of ketones is 1. The van der Waals surface area contributed by atoms with Crippen molar-refractivity contribution in [2.24, 2.45) is 0 Å². The number of anilines is 2. The van der Waals surface area contributed by atoms with Crippen LogP contribution in [0.25, 0.3) is 16.7 Å². The number of aromatic nitrogens is 1. The van der Waals surface area contributed by atoms with Crippen molar-refractivity contribution in [2.45, 2.75) is 6.04 Å². The van der Waals surface area contributed by atoms with E-state index in [4.69, 9.17) is 9.47 Å². The van der Waals surface area contributed by atoms with Gasteiger partial charge in [-0.3, -0.25) is 14.5 Å². The Labute approximate surface area is 207 Å². The van der Waals surface area contributed by atoms with Crippen LogP contribution in [-0.4, -0.2) is 42.7 Å². The summed E-state index contributed by atoms with van der Waals surface area (Å²) in [5.74, 6) is -0.640. The van der Waals surface area contributed by atoms with Crippen LogP contribution in [-0.2, 0) is 9.59 Å². The van der Waals surface area contributed by atoms with Gasteiger partial charge in [-0.2, -0.15) is 0 Å². The Morgan fingerprint density at radius 1 is 1.00 bits per heavy atom. The van der Waals surface area contributed by atoms with E-state index in [0.29, 0.717) is 28.3 Å². The summed E-state index contributed by atoms with van der Waals surface area (Å²) in [5, 5.41) is 12.3. The zero-order chi connectivity index (χ0) is 25.0. The van der Waals surface area contributed by atoms with Crippen LogP contribution in [0.3, 0.4) is 0 Å². The van der Waals surface area contributed by atoms with Gasteiger partial charge in [0.25, 0.3) is 11.7 Å². The van der Waals surface area contributed by atoms with Gasteiger partial charge in [-0.25, -0.2) is 0 Å². The Bertz CT molecular complexity index is 1550. The van der Waals surface area contributed by atoms with Crippen LogP contribution in [0, 0.1) is 0 Å². The smallest absolute Gasteiger partial charge is 0.300 e. The van der Waals surface area contributed by atoms with Crippen LogP contribution in [0.1, 0.15) is 17.2 Å². The monoisotopic (exact) mass is 481 g/mol. The average Bonchev–Trinajstić information content (AvgIpc) is 3.60. The summed E-state index contributed by atoms with van der Waals surface area (Å²) in [6.45, 7) is 0.0909. The van der Waals surface area contributed by atoms with Gasteiger partial charge >= 0.3 is 0 Å². The topological polar surface area (TPSA) is 95.1 Å². The van der Waals surface area contributed by atoms with E-state index < -0.39 is 17.7 Å². The lowest BCUT2D eigenvalue weighted by Crippen LogP contribution is -2.29. The van der Waals surface area contributed by atoms with Gasteiger partial charge in [0.2, 0.25) is 6.79 Å². The number of aliphatic hydroxyl groups excluding tert-OH is 1. The Hall–Kier alpha value is -4.72. The number of carbonyl (C=O) groups is 2. The summed E-state index contributed by atoms with van der Waals surface area (Å²) in [5.41, 5.74) is 3.44. The highest BCUT2D eigenvalue weighted by Gasteiger charge is 2.47. The summed E-state index contributed by atoms with van der Waals surface area (Å²) in [4.78, 5) is 33.4. The number of carbonyl (C=O) groups excluding carboxylic acids is 2. The summed E-state index contributed by atoms with van der Waals surface area (Å²) >= 11 is 0. The number of Topliss-reactive ketones (excluding diaryl/α,β-unsaturated/α-hetero) is 1. The van der Waals surface area contributed by atoms with Gasteiger partial charge in [0, 0.05) is 54.2 Å². The minimum Gasteiger partial charge on any atom is -0.507 e. The van der Waals surface area contributed by atoms with Crippen molar-refractivity contribution >= 4 is 39.7 Å². The SMILES string of the molecule is CN(C)c1ccc(C2/C(=C(/O)c3c[nH]c4ccccc34)C(=O)C(=O)N2c2ccc3c(c2)OCO3)cc1. The Morgan fingerprint density at radius 2 is 1.75 bits per heavy atom. The first-order valence-electron chi connectivity index (χ1n) is 11.5. The molecule has 1 unspecified atom stereocenters. The number of ether oxygens (including phenoxy) is 2. The van der Waals surface area contributed by atoms with Crippen molar-refractivity contribution < 1.29 is 24.2 Å². The molecule has 1 atom stereocenters. The number of nitrogens with one attached hydrogen (secondary N) is 1.